The second kappa shape index (κ2) is 60.6. The van der Waals surface area contributed by atoms with Crippen LogP contribution < -0.4 is 105 Å². The average Bonchev–Trinajstić information content (AvgIpc) is 1.74. The smallest absolute Gasteiger partial charge is 0.857 e. The van der Waals surface area contributed by atoms with Crippen LogP contribution in [-0.4, -0.2) is 185 Å². The number of aromatic carboxylic acids is 1. The number of hydrazine groups is 1. The maximum atomic E-state index is 11.5. The van der Waals surface area contributed by atoms with Crippen molar-refractivity contribution in [3.63, 3.8) is 0 Å². The monoisotopic (exact) mass is 1600 g/mol. The number of Topliss-reactive ketones (excluding diaryl/α,β-unsaturated/α-hetero) is 3. The van der Waals surface area contributed by atoms with Crippen molar-refractivity contribution in [2.24, 2.45) is 16.7 Å². The zero-order valence-electron chi connectivity index (χ0n) is 65.2. The molecular formula is C71H84LiN21Na2O16Si2. The Morgan fingerprint density at radius 3 is 1.10 bits per heavy atom. The maximum Gasteiger partial charge on any atom is 1.00 e. The van der Waals surface area contributed by atoms with Gasteiger partial charge in [-0.1, -0.05) is 55.8 Å². The molecule has 10 aromatic heterocycles. The number of rotatable bonds is 19. The molecule has 0 bridgehead atoms. The molecular weight excluding hydrogens is 1510 g/mol. The summed E-state index contributed by atoms with van der Waals surface area (Å²) in [6.45, 7) is 22.8. The number of ether oxygens (including phenoxy) is 4. The molecule has 10 heterocycles. The third kappa shape index (κ3) is 44.5. The average molecular weight is 1600 g/mol. The number of H-pyrrole nitrogens is 4. The van der Waals surface area contributed by atoms with Crippen molar-refractivity contribution in [2.45, 2.75) is 80.3 Å². The summed E-state index contributed by atoms with van der Waals surface area (Å²) in [6.07, 6.45) is 21.8. The van der Waals surface area contributed by atoms with Crippen molar-refractivity contribution < 1.29 is 155 Å². The molecule has 113 heavy (non-hydrogen) atoms. The maximum absolute atomic E-state index is 11.5. The standard InChI is InChI=1S/C11H11N3O2.C11H11NO4.2C10H7N5O.C9H7N3O2.C7H7NO.C6H18NSi2.C6H10O4.CH3O.Li.H4N2.2Na/c1-2-16-11(15)10-7-9(13-14-10)8-3-5-12-6-4-8;1-2-16-11(15)10(14)7-9(13)8-3-5-12-6-4-8;2*11-6-13-10(16)9-5-8(14-15-9)7-1-3-12-4-2-7;13-9(14)8-5-7(11-12-8)6-1-3-10-4-2-6;1-6(9)7-2-4-8-5-3-7;1-8(2,3)7-9(4,5)6;1-3-9-5(7)6(8)10-4-2;1-2;;1-2;;/h3-7H,2H2,1H3,(H,13,14);3-6H,2,7H2,1H3;2*1-5H,(H,13,16)(H,14,15);1-5H,(H,11,12)(H,13,14);2-5H,1H3;1-6H3;3-4H2,1-2H3;1H3;;1-2H2;;/q;;;;;;-1;;-1;+1;;2*+1/p-1. The number of carbonyl (C=O) groups is 9. The molecule has 1 amide bonds. The fourth-order valence-corrected chi connectivity index (χ4v) is 15.9. The summed E-state index contributed by atoms with van der Waals surface area (Å²) < 4.78 is 22.8. The second-order valence-electron chi connectivity index (χ2n) is 22.4. The molecule has 0 fully saturated rings. The van der Waals surface area contributed by atoms with E-state index in [1.54, 1.807) is 163 Å². The Morgan fingerprint density at radius 2 is 0.796 bits per heavy atom. The van der Waals surface area contributed by atoms with E-state index < -0.39 is 76.1 Å². The molecule has 0 aliphatic rings. The molecule has 37 nitrogen and oxygen atoms in total. The number of nitriles is 2. The molecule has 580 valence electrons. The number of ketones is 3. The summed E-state index contributed by atoms with van der Waals surface area (Å²) >= 11 is 0. The largest absolute Gasteiger partial charge is 1.00 e. The minimum atomic E-state index is -1.11. The summed E-state index contributed by atoms with van der Waals surface area (Å²) in [6, 6.07) is 26.9. The van der Waals surface area contributed by atoms with Gasteiger partial charge in [-0.05, 0) is 132 Å². The van der Waals surface area contributed by atoms with E-state index in [1.165, 1.54) is 43.7 Å². The minimum absolute atomic E-state index is 0. The number of amides is 1. The zero-order chi connectivity index (χ0) is 82.5. The van der Waals surface area contributed by atoms with Gasteiger partial charge < -0.3 is 38.9 Å². The Balaban J connectivity index is -0.00000122. The number of aromatic nitrogens is 14. The van der Waals surface area contributed by atoms with Gasteiger partial charge in [0.05, 0.1) is 61.3 Å². The van der Waals surface area contributed by atoms with E-state index in [0.29, 0.717) is 46.2 Å². The minimum Gasteiger partial charge on any atom is -0.857 e. The zero-order valence-corrected chi connectivity index (χ0v) is 71.2. The van der Waals surface area contributed by atoms with Gasteiger partial charge in [0.1, 0.15) is 17.1 Å². The SMILES string of the molecule is CC(=O)c1ccncc1.CCOC(=O)C(=O)CC(=O)c1ccncc1.CCOC(=O)C(=O)OCC.CCOC(=O)c1cc(-c2ccncc2)n[nH]1.C[O-].C[Si](C)(C)[N-][Si](C)(C)C.N#CN=C([O-])c1cc(-c2ccncc2)n[nH]1.N#CNC(=O)c1cc(-c2ccncc2)n[nH]1.NN.O=C(O)c1cc(-c2ccncc2)n[nH]1.[Li+].[Na+].[Na+]. The number of nitrogens with zero attached hydrogens (tertiary/aromatic N) is 14. The summed E-state index contributed by atoms with van der Waals surface area (Å²) in [7, 11) is -1.46. The first-order valence-electron chi connectivity index (χ1n) is 32.5. The first kappa shape index (κ1) is 106. The Hall–Kier alpha value is -11.1. The molecule has 0 unspecified atom stereocenters. The van der Waals surface area contributed by atoms with Crippen molar-refractivity contribution in [3.05, 3.63) is 210 Å². The molecule has 0 spiro atoms. The van der Waals surface area contributed by atoms with Crippen LogP contribution in [0.4, 0.5) is 0 Å². The number of pyridine rings is 6. The molecule has 10 N–H and O–H groups in total. The van der Waals surface area contributed by atoms with E-state index in [1.807, 2.05) is 17.4 Å². The first-order valence-corrected chi connectivity index (χ1v) is 39.4. The van der Waals surface area contributed by atoms with E-state index in [-0.39, 0.29) is 121 Å². The Bertz CT molecular complexity index is 4510. The van der Waals surface area contributed by atoms with Crippen LogP contribution in [0.2, 0.25) is 39.3 Å². The summed E-state index contributed by atoms with van der Waals surface area (Å²) in [5.74, 6) is 1.47. The number of esters is 4. The quantitative estimate of drug-likeness (QED) is 0.00340. The summed E-state index contributed by atoms with van der Waals surface area (Å²) in [5, 5.41) is 72.7. The molecule has 10 rings (SSSR count). The Morgan fingerprint density at radius 1 is 0.496 bits per heavy atom. The van der Waals surface area contributed by atoms with Crippen molar-refractivity contribution in [1.29, 1.82) is 10.5 Å². The van der Waals surface area contributed by atoms with E-state index in [4.69, 9.17) is 30.1 Å². The van der Waals surface area contributed by atoms with Crippen LogP contribution in [0.15, 0.2) is 176 Å². The molecule has 42 heteroatoms. The van der Waals surface area contributed by atoms with E-state index in [9.17, 15) is 48.3 Å². The van der Waals surface area contributed by atoms with E-state index >= 15 is 0 Å². The first-order chi connectivity index (χ1) is 52.6. The summed E-state index contributed by atoms with van der Waals surface area (Å²) in [4.78, 5) is 125. The van der Waals surface area contributed by atoms with Crippen LogP contribution in [-0.2, 0) is 38.1 Å². The van der Waals surface area contributed by atoms with Crippen LogP contribution in [0.25, 0.3) is 49.7 Å². The van der Waals surface area contributed by atoms with Gasteiger partial charge in [0.2, 0.25) is 12.0 Å². The number of aliphatic imine (C=N–C) groups is 1. The third-order valence-corrected chi connectivity index (χ3v) is 17.4. The Kier molecular flexibility index (Phi) is 56.9. The number of carbonyl (C=O) groups excluding carboxylic acids is 8. The summed E-state index contributed by atoms with van der Waals surface area (Å²) in [5.41, 5.74) is 7.90. The number of carboxylic acids is 1. The Labute approximate surface area is 709 Å². The number of hydrogen-bond acceptors (Lipinski definition) is 30. The van der Waals surface area contributed by atoms with Gasteiger partial charge in [0.15, 0.2) is 17.8 Å². The normalized spacial score (nSPS) is 9.62. The van der Waals surface area contributed by atoms with E-state index in [0.717, 1.165) is 29.4 Å². The number of carboxylic acid groups (broad SMARTS) is 1. The number of hydrogen-bond donors (Lipinski definition) is 8. The topological polar surface area (TPSA) is 587 Å². The molecule has 0 radical (unpaired) electrons. The molecule has 0 aromatic carbocycles. The van der Waals surface area contributed by atoms with Crippen molar-refractivity contribution in [2.75, 3.05) is 33.5 Å². The predicted octanol–water partition coefficient (Wildman–Crippen LogP) is -2.42. The molecule has 0 aliphatic heterocycles. The van der Waals surface area contributed by atoms with Crippen LogP contribution in [0, 0.1) is 22.9 Å². The number of nitrogens with two attached hydrogens (primary N) is 2. The van der Waals surface area contributed by atoms with Crippen molar-refractivity contribution >= 4 is 75.5 Å². The van der Waals surface area contributed by atoms with Crippen LogP contribution in [0.1, 0.15) is 98.9 Å². The fraction of sp³-hybridized carbons (Fsp3) is 0.239. The van der Waals surface area contributed by atoms with Gasteiger partial charge in [-0.15, -0.1) is 0 Å². The molecule has 0 atom stereocenters. The fourth-order valence-electron chi connectivity index (χ4n) is 7.88. The van der Waals surface area contributed by atoms with Gasteiger partial charge in [-0.3, -0.25) is 86.5 Å². The predicted molar refractivity (Wildman–Crippen MR) is 402 cm³/mol. The third-order valence-electron chi connectivity index (χ3n) is 12.0. The number of nitrogens with one attached hydrogen (secondary N) is 5. The van der Waals surface area contributed by atoms with Crippen LogP contribution in [0.5, 0.6) is 0 Å². The van der Waals surface area contributed by atoms with Gasteiger partial charge in [-0.25, -0.2) is 24.0 Å². The van der Waals surface area contributed by atoms with Crippen molar-refractivity contribution in [1.82, 2.24) is 76.0 Å². The van der Waals surface area contributed by atoms with Crippen LogP contribution >= 0.6 is 0 Å². The van der Waals surface area contributed by atoms with Crippen LogP contribution in [0.3, 0.4) is 0 Å². The van der Waals surface area contributed by atoms with Crippen molar-refractivity contribution in [3.8, 4) is 57.4 Å². The van der Waals surface area contributed by atoms with Gasteiger partial charge in [0, 0.05) is 114 Å². The van der Waals surface area contributed by atoms with Gasteiger partial charge in [-0.2, -0.15) is 43.0 Å². The van der Waals surface area contributed by atoms with Gasteiger partial charge in [0.25, 0.3) is 5.91 Å². The molecule has 0 saturated heterocycles. The number of aromatic amines is 4. The molecule has 10 aromatic rings. The van der Waals surface area contributed by atoms with E-state index in [2.05, 4.69) is 141 Å². The second-order valence-corrected chi connectivity index (χ2v) is 32.0. The van der Waals surface area contributed by atoms with Gasteiger partial charge >= 0.3 is 108 Å². The molecule has 0 aliphatic carbocycles. The molecule has 0 saturated carbocycles.